The summed E-state index contributed by atoms with van der Waals surface area (Å²) in [6.07, 6.45) is -0.293. The van der Waals surface area contributed by atoms with Crippen molar-refractivity contribution in [2.45, 2.75) is 6.42 Å². The highest BCUT2D eigenvalue weighted by atomic mass is 79.9. The van der Waals surface area contributed by atoms with Crippen molar-refractivity contribution in [3.8, 4) is 0 Å². The highest BCUT2D eigenvalue weighted by molar-refractivity contribution is 9.10. The number of nitrogens with zero attached hydrogens (tertiary/aromatic N) is 2. The first kappa shape index (κ1) is 24.5. The number of urea groups is 1. The second-order valence-corrected chi connectivity index (χ2v) is 8.53. The van der Waals surface area contributed by atoms with E-state index < -0.39 is 17.5 Å². The molecule has 10 nitrogen and oxygen atoms in total. The van der Waals surface area contributed by atoms with Crippen LogP contribution in [0.4, 0.5) is 10.5 Å². The topological polar surface area (TPSA) is 159 Å². The Balaban J connectivity index is 1.62. The van der Waals surface area contributed by atoms with Crippen molar-refractivity contribution >= 4 is 56.1 Å². The number of hydrogen-bond acceptors (Lipinski definition) is 6. The van der Waals surface area contributed by atoms with Crippen LogP contribution in [-0.2, 0) is 11.2 Å². The first-order valence-corrected chi connectivity index (χ1v) is 11.4. The number of aromatic amines is 1. The van der Waals surface area contributed by atoms with E-state index in [1.54, 1.807) is 66.7 Å². The van der Waals surface area contributed by atoms with E-state index in [0.29, 0.717) is 27.8 Å². The number of halogens is 1. The zero-order valence-corrected chi connectivity index (χ0v) is 20.2. The van der Waals surface area contributed by atoms with E-state index in [9.17, 15) is 19.2 Å². The third kappa shape index (κ3) is 5.88. The molecule has 1 aromatic heterocycles. The quantitative estimate of drug-likeness (QED) is 0.159. The Morgan fingerprint density at radius 1 is 0.972 bits per heavy atom. The summed E-state index contributed by atoms with van der Waals surface area (Å²) in [4.78, 5) is 56.5. The van der Waals surface area contributed by atoms with Crippen molar-refractivity contribution in [2.24, 2.45) is 10.8 Å². The lowest BCUT2D eigenvalue weighted by Crippen LogP contribution is -2.33. The molecule has 4 rings (SSSR count). The molecule has 0 spiro atoms. The molecule has 0 saturated carbocycles. The van der Waals surface area contributed by atoms with Crippen molar-refractivity contribution in [1.82, 2.24) is 15.4 Å². The SMILES string of the molecule is NC(=O)N/N=C(\Cc1nc2ccc(C(=O)c3ccccc3)cc2[nH]c1=O)C(=O)Nc1ccc(Br)cc1. The van der Waals surface area contributed by atoms with Gasteiger partial charge in [0.25, 0.3) is 11.5 Å². The Morgan fingerprint density at radius 3 is 2.39 bits per heavy atom. The van der Waals surface area contributed by atoms with E-state index in [4.69, 9.17) is 5.73 Å². The maximum absolute atomic E-state index is 12.8. The number of benzene rings is 3. The predicted molar refractivity (Wildman–Crippen MR) is 139 cm³/mol. The standard InChI is InChI=1S/C25H19BrN6O4/c26-16-7-9-17(10-8-16)28-24(35)21(31-32-25(27)36)13-20-23(34)30-19-12-15(6-11-18(19)29-20)22(33)14-4-2-1-3-5-14/h1-12H,13H2,(H,28,35)(H,30,34)(H3,27,32,36)/b31-21+. The minimum Gasteiger partial charge on any atom is -0.350 e. The first-order valence-electron chi connectivity index (χ1n) is 10.6. The molecule has 0 saturated heterocycles. The fourth-order valence-corrected chi connectivity index (χ4v) is 3.59. The number of nitrogens with two attached hydrogens (primary N) is 1. The van der Waals surface area contributed by atoms with Crippen molar-refractivity contribution in [3.63, 3.8) is 0 Å². The minimum atomic E-state index is -0.972. The van der Waals surface area contributed by atoms with E-state index in [1.165, 1.54) is 0 Å². The number of carbonyl (C=O) groups excluding carboxylic acids is 3. The molecule has 11 heteroatoms. The lowest BCUT2D eigenvalue weighted by Gasteiger charge is -2.09. The molecule has 0 aliphatic heterocycles. The molecule has 0 atom stereocenters. The highest BCUT2D eigenvalue weighted by Crippen LogP contribution is 2.16. The molecule has 36 heavy (non-hydrogen) atoms. The second kappa shape index (κ2) is 10.7. The van der Waals surface area contributed by atoms with Gasteiger partial charge in [0.1, 0.15) is 11.4 Å². The molecule has 0 bridgehead atoms. The van der Waals surface area contributed by atoms with E-state index >= 15 is 0 Å². The predicted octanol–water partition coefficient (Wildman–Crippen LogP) is 3.12. The third-order valence-corrected chi connectivity index (χ3v) is 5.59. The molecular formula is C25H19BrN6O4. The Hall–Kier alpha value is -4.64. The Labute approximate surface area is 212 Å². The number of amides is 3. The number of hydrazone groups is 1. The molecule has 180 valence electrons. The number of aromatic nitrogens is 2. The van der Waals surface area contributed by atoms with Crippen LogP contribution in [0.25, 0.3) is 11.0 Å². The maximum atomic E-state index is 12.8. The Morgan fingerprint density at radius 2 is 1.69 bits per heavy atom. The molecular weight excluding hydrogens is 528 g/mol. The summed E-state index contributed by atoms with van der Waals surface area (Å²) in [7, 11) is 0. The summed E-state index contributed by atoms with van der Waals surface area (Å²) < 4.78 is 0.824. The van der Waals surface area contributed by atoms with Crippen molar-refractivity contribution in [3.05, 3.63) is 104 Å². The summed E-state index contributed by atoms with van der Waals surface area (Å²) in [6.45, 7) is 0. The maximum Gasteiger partial charge on any atom is 0.332 e. The second-order valence-electron chi connectivity index (χ2n) is 7.61. The van der Waals surface area contributed by atoms with Gasteiger partial charge in [-0.05, 0) is 42.5 Å². The molecule has 0 unspecified atom stereocenters. The average Bonchev–Trinajstić information content (AvgIpc) is 2.87. The van der Waals surface area contributed by atoms with Crippen LogP contribution in [0, 0.1) is 0 Å². The molecule has 3 aromatic carbocycles. The number of fused-ring (bicyclic) bond motifs is 1. The van der Waals surface area contributed by atoms with Gasteiger partial charge in [0.2, 0.25) is 0 Å². The van der Waals surface area contributed by atoms with Crippen LogP contribution in [0.15, 0.2) is 87.2 Å². The van der Waals surface area contributed by atoms with Crippen LogP contribution in [0.1, 0.15) is 21.6 Å². The van der Waals surface area contributed by atoms with Gasteiger partial charge in [-0.3, -0.25) is 14.4 Å². The zero-order valence-electron chi connectivity index (χ0n) is 18.6. The van der Waals surface area contributed by atoms with Crippen LogP contribution in [0.3, 0.4) is 0 Å². The van der Waals surface area contributed by atoms with E-state index in [-0.39, 0.29) is 23.6 Å². The lowest BCUT2D eigenvalue weighted by molar-refractivity contribution is -0.110. The van der Waals surface area contributed by atoms with Crippen molar-refractivity contribution < 1.29 is 14.4 Å². The molecule has 0 radical (unpaired) electrons. The zero-order chi connectivity index (χ0) is 25.7. The molecule has 0 aliphatic rings. The number of rotatable bonds is 7. The van der Waals surface area contributed by atoms with Crippen LogP contribution < -0.4 is 22.0 Å². The van der Waals surface area contributed by atoms with Crippen molar-refractivity contribution in [2.75, 3.05) is 5.32 Å². The van der Waals surface area contributed by atoms with Crippen LogP contribution in [0.2, 0.25) is 0 Å². The fraction of sp³-hybridized carbons (Fsp3) is 0.0400. The lowest BCUT2D eigenvalue weighted by atomic mass is 10.0. The van der Waals surface area contributed by atoms with Gasteiger partial charge in [-0.1, -0.05) is 46.3 Å². The van der Waals surface area contributed by atoms with Gasteiger partial charge in [0.15, 0.2) is 5.78 Å². The number of hydrogen-bond donors (Lipinski definition) is 4. The fourth-order valence-electron chi connectivity index (χ4n) is 3.33. The number of ketones is 1. The monoisotopic (exact) mass is 546 g/mol. The average molecular weight is 547 g/mol. The summed E-state index contributed by atoms with van der Waals surface area (Å²) in [5, 5.41) is 6.40. The largest absolute Gasteiger partial charge is 0.350 e. The summed E-state index contributed by atoms with van der Waals surface area (Å²) in [5.41, 5.74) is 8.47. The van der Waals surface area contributed by atoms with Crippen molar-refractivity contribution in [1.29, 1.82) is 0 Å². The molecule has 0 aliphatic carbocycles. The van der Waals surface area contributed by atoms with Crippen LogP contribution >= 0.6 is 15.9 Å². The molecule has 5 N–H and O–H groups in total. The number of primary amides is 1. The summed E-state index contributed by atoms with van der Waals surface area (Å²) >= 11 is 3.31. The van der Waals surface area contributed by atoms with Gasteiger partial charge in [-0.25, -0.2) is 15.2 Å². The molecule has 1 heterocycles. The van der Waals surface area contributed by atoms with Crippen LogP contribution in [0.5, 0.6) is 0 Å². The molecule has 3 amide bonds. The normalized spacial score (nSPS) is 11.2. The third-order valence-electron chi connectivity index (χ3n) is 5.06. The van der Waals surface area contributed by atoms with Gasteiger partial charge in [0.05, 0.1) is 11.0 Å². The number of H-pyrrole nitrogens is 1. The summed E-state index contributed by atoms with van der Waals surface area (Å²) in [5.74, 6) is -0.852. The Bertz CT molecular complexity index is 1550. The van der Waals surface area contributed by atoms with E-state index in [1.807, 2.05) is 11.5 Å². The molecule has 0 fully saturated rings. The Kier molecular flexibility index (Phi) is 7.31. The van der Waals surface area contributed by atoms with Gasteiger partial charge in [0, 0.05) is 27.7 Å². The minimum absolute atomic E-state index is 0.0133. The first-order chi connectivity index (χ1) is 17.3. The number of nitrogens with one attached hydrogen (secondary N) is 3. The number of carbonyl (C=O) groups is 3. The van der Waals surface area contributed by atoms with Gasteiger partial charge < -0.3 is 16.0 Å². The van der Waals surface area contributed by atoms with E-state index in [0.717, 1.165) is 4.47 Å². The van der Waals surface area contributed by atoms with Crippen LogP contribution in [-0.4, -0.2) is 33.4 Å². The van der Waals surface area contributed by atoms with Gasteiger partial charge >= 0.3 is 6.03 Å². The number of anilines is 1. The van der Waals surface area contributed by atoms with Gasteiger partial charge in [-0.2, -0.15) is 5.10 Å². The molecule has 4 aromatic rings. The smallest absolute Gasteiger partial charge is 0.332 e. The van der Waals surface area contributed by atoms with E-state index in [2.05, 4.69) is 36.3 Å². The summed E-state index contributed by atoms with van der Waals surface area (Å²) in [6, 6.07) is 19.3. The highest BCUT2D eigenvalue weighted by Gasteiger charge is 2.18. The van der Waals surface area contributed by atoms with Gasteiger partial charge in [-0.15, -0.1) is 0 Å².